The number of likely N-dealkylation sites (N-methyl/N-ethyl adjacent to an activating group) is 2. The maximum absolute atomic E-state index is 14.6. The summed E-state index contributed by atoms with van der Waals surface area (Å²) >= 11 is 0. The summed E-state index contributed by atoms with van der Waals surface area (Å²) in [6, 6.07) is 3.24. The molecule has 3 aliphatic rings. The summed E-state index contributed by atoms with van der Waals surface area (Å²) < 4.78 is 62.5. The molecule has 0 spiro atoms. The highest BCUT2D eigenvalue weighted by Crippen LogP contribution is 2.37. The summed E-state index contributed by atoms with van der Waals surface area (Å²) in [5.74, 6) is -3.44. The van der Waals surface area contributed by atoms with Crippen LogP contribution in [0.1, 0.15) is 72.2 Å². The van der Waals surface area contributed by atoms with E-state index in [1.54, 1.807) is 60.7 Å². The zero-order valence-electron chi connectivity index (χ0n) is 42.9. The van der Waals surface area contributed by atoms with Crippen LogP contribution in [0, 0.1) is 17.0 Å². The van der Waals surface area contributed by atoms with Crippen LogP contribution in [0.2, 0.25) is 0 Å². The number of piperazine rings is 1. The summed E-state index contributed by atoms with van der Waals surface area (Å²) in [5, 5.41) is 16.5. The van der Waals surface area contributed by atoms with E-state index in [-0.39, 0.29) is 48.5 Å². The smallest absolute Gasteiger partial charge is 0.254 e. The Morgan fingerprint density at radius 2 is 1.62 bits per heavy atom. The van der Waals surface area contributed by atoms with Crippen molar-refractivity contribution in [2.75, 3.05) is 82.0 Å². The third-order valence-corrected chi connectivity index (χ3v) is 15.7. The van der Waals surface area contributed by atoms with Gasteiger partial charge in [0.25, 0.3) is 5.91 Å². The van der Waals surface area contributed by atoms with E-state index in [4.69, 9.17) is 4.74 Å². The third-order valence-electron chi connectivity index (χ3n) is 13.2. The second-order valence-electron chi connectivity index (χ2n) is 20.6. The van der Waals surface area contributed by atoms with E-state index < -0.39 is 79.1 Å². The van der Waals surface area contributed by atoms with Crippen molar-refractivity contribution in [1.29, 1.82) is 0 Å². The molecule has 2 aromatic carbocycles. The van der Waals surface area contributed by atoms with Crippen LogP contribution in [0.25, 0.3) is 10.9 Å². The van der Waals surface area contributed by atoms with Crippen LogP contribution in [-0.2, 0) is 24.2 Å². The number of likely N-dealkylation sites (tertiary alicyclic amines) is 1. The van der Waals surface area contributed by atoms with Crippen molar-refractivity contribution in [2.45, 2.75) is 95.7 Å². The average Bonchev–Trinajstić information content (AvgIpc) is 3.86. The van der Waals surface area contributed by atoms with Crippen LogP contribution >= 0.6 is 0 Å². The van der Waals surface area contributed by atoms with Crippen molar-refractivity contribution < 1.29 is 41.1 Å². The molecule has 0 radical (unpaired) electrons. The molecule has 6 N–H and O–H groups in total. The molecule has 5 heterocycles. The van der Waals surface area contributed by atoms with Crippen LogP contribution < -0.4 is 41.6 Å². The molecule has 1 unspecified atom stereocenters. The second kappa shape index (κ2) is 21.8. The highest BCUT2D eigenvalue weighted by Gasteiger charge is 2.46. The van der Waals surface area contributed by atoms with Crippen molar-refractivity contribution in [3.05, 3.63) is 77.5 Å². The van der Waals surface area contributed by atoms with E-state index >= 15 is 0 Å². The molecule has 394 valence electrons. The van der Waals surface area contributed by atoms with Crippen LogP contribution in [0.3, 0.4) is 0 Å². The highest BCUT2D eigenvalue weighted by atomic mass is 32.2. The minimum Gasteiger partial charge on any atom is -0.491 e. The zero-order valence-corrected chi connectivity index (χ0v) is 43.7. The fourth-order valence-electron chi connectivity index (χ4n) is 8.85. The molecular weight excluding hydrogens is 967 g/mol. The van der Waals surface area contributed by atoms with Gasteiger partial charge in [0, 0.05) is 81.9 Å². The van der Waals surface area contributed by atoms with Crippen molar-refractivity contribution in [1.82, 2.24) is 56.1 Å². The van der Waals surface area contributed by atoms with Gasteiger partial charge in [-0.05, 0) is 77.3 Å². The monoisotopic (exact) mass is 1030 g/mol. The number of benzene rings is 2. The van der Waals surface area contributed by atoms with E-state index in [0.29, 0.717) is 55.4 Å². The van der Waals surface area contributed by atoms with Crippen molar-refractivity contribution in [3.8, 4) is 5.75 Å². The molecule has 4 atom stereocenters. The number of hydrogen-bond donors (Lipinski definition) is 6. The lowest BCUT2D eigenvalue weighted by molar-refractivity contribution is -0.142. The first-order chi connectivity index (χ1) is 34.4. The molecule has 0 bridgehead atoms. The van der Waals surface area contributed by atoms with Gasteiger partial charge < -0.3 is 46.5 Å². The molecule has 4 aromatic rings. The zero-order chi connectivity index (χ0) is 53.2. The molecule has 4 amide bonds. The van der Waals surface area contributed by atoms with Gasteiger partial charge >= 0.3 is 0 Å². The third kappa shape index (κ3) is 12.1. The predicted molar refractivity (Wildman–Crippen MR) is 271 cm³/mol. The van der Waals surface area contributed by atoms with Crippen LogP contribution in [0.15, 0.2) is 65.2 Å². The molecule has 21 nitrogen and oxygen atoms in total. The Hall–Kier alpha value is -6.63. The molecule has 2 saturated heterocycles. The molecule has 73 heavy (non-hydrogen) atoms. The topological polar surface area (TPSA) is 248 Å². The number of para-hydroxylation sites is 1. The van der Waals surface area contributed by atoms with Gasteiger partial charge in [-0.25, -0.2) is 42.1 Å². The Labute approximate surface area is 424 Å². The second-order valence-corrected chi connectivity index (χ2v) is 23.2. The SMILES string of the molecule is CNCC(=O)N[C@H](C(=O)N1C[C@@H](NC(=O)c2cnc(N3CCN(CCOc4cc5ncnc(NC6C(C)=C(C)NN6C)c5cc4S(=O)(=O)C(C)(C)C)CC3)nc2)C[C@H]1C(=O)Nc1c(F)cccc1F)C(C)(C)C. The summed E-state index contributed by atoms with van der Waals surface area (Å²) in [7, 11) is -0.392. The number of rotatable bonds is 16. The fourth-order valence-corrected chi connectivity index (χ4v) is 10.2. The maximum atomic E-state index is 14.6. The van der Waals surface area contributed by atoms with Gasteiger partial charge in [-0.1, -0.05) is 26.8 Å². The molecule has 3 aliphatic heterocycles. The van der Waals surface area contributed by atoms with E-state index in [1.165, 1.54) is 23.6 Å². The van der Waals surface area contributed by atoms with E-state index in [2.05, 4.69) is 56.8 Å². The van der Waals surface area contributed by atoms with Crippen LogP contribution in [-0.4, -0.2) is 162 Å². The van der Waals surface area contributed by atoms with Gasteiger partial charge in [0.05, 0.1) is 22.4 Å². The molecule has 0 aliphatic carbocycles. The molecule has 7 rings (SSSR count). The summed E-state index contributed by atoms with van der Waals surface area (Å²) in [6.07, 6.45) is 3.89. The predicted octanol–water partition coefficient (Wildman–Crippen LogP) is 3.04. The van der Waals surface area contributed by atoms with E-state index in [0.717, 1.165) is 29.5 Å². The van der Waals surface area contributed by atoms with Gasteiger partial charge in [0.15, 0.2) is 9.84 Å². The summed E-state index contributed by atoms with van der Waals surface area (Å²) in [6.45, 7) is 17.0. The number of amides is 4. The minimum absolute atomic E-state index is 0.0500. The molecular formula is C49H66F2N14O7S. The van der Waals surface area contributed by atoms with Crippen LogP contribution in [0.4, 0.5) is 26.2 Å². The number of nitrogens with zero attached hydrogens (tertiary/aromatic N) is 8. The average molecular weight is 1030 g/mol. The molecule has 2 aromatic heterocycles. The van der Waals surface area contributed by atoms with Crippen LogP contribution in [0.5, 0.6) is 5.75 Å². The van der Waals surface area contributed by atoms with Gasteiger partial charge in [0.2, 0.25) is 23.7 Å². The molecule has 24 heteroatoms. The first-order valence-electron chi connectivity index (χ1n) is 24.1. The number of sulfone groups is 1. The summed E-state index contributed by atoms with van der Waals surface area (Å²) in [4.78, 5) is 77.6. The van der Waals surface area contributed by atoms with E-state index in [1.807, 2.05) is 30.8 Å². The fraction of sp³-hybridized carbons (Fsp3) is 0.510. The number of hydrazine groups is 1. The number of hydrogen-bond acceptors (Lipinski definition) is 17. The lowest BCUT2D eigenvalue weighted by Gasteiger charge is -2.35. The highest BCUT2D eigenvalue weighted by molar-refractivity contribution is 7.92. The number of carbonyl (C=O) groups excluding carboxylic acids is 4. The Kier molecular flexibility index (Phi) is 16.2. The first kappa shape index (κ1) is 54.2. The number of aromatic nitrogens is 4. The lowest BCUT2D eigenvalue weighted by atomic mass is 9.85. The van der Waals surface area contributed by atoms with Gasteiger partial charge in [-0.15, -0.1) is 0 Å². The van der Waals surface area contributed by atoms with Crippen molar-refractivity contribution in [2.24, 2.45) is 5.41 Å². The number of anilines is 3. The number of fused-ring (bicyclic) bond motifs is 1. The number of ether oxygens (including phenoxy) is 1. The van der Waals surface area contributed by atoms with Gasteiger partial charge in [-0.2, -0.15) is 0 Å². The van der Waals surface area contributed by atoms with Gasteiger partial charge in [0.1, 0.15) is 65.0 Å². The Morgan fingerprint density at radius 3 is 2.22 bits per heavy atom. The number of carbonyl (C=O) groups is 4. The first-order valence-corrected chi connectivity index (χ1v) is 25.5. The van der Waals surface area contributed by atoms with Gasteiger partial charge in [-0.3, -0.25) is 24.1 Å². The number of halogens is 2. The van der Waals surface area contributed by atoms with E-state index in [9.17, 15) is 36.4 Å². The standard InChI is InChI=1S/C49H66F2N14O7S/c1-28-29(2)61-62(10)43(28)60-42-32-21-38(73(70,71)49(6,7)8)37(22-35(32)55-27-56-42)72-19-18-63-14-16-64(17-15-63)47-53-23-30(24-54-47)44(67)57-31-20-36(45(68)59-40-33(50)12-11-13-34(40)51)65(26-31)46(69)41(48(3,4)5)58-39(66)25-52-9/h11-13,21-24,27,31,36,41,43,52,61H,14-20,25-26H2,1-10H3,(H,57,67)(H,58,66)(H,59,68)(H,55,56,60)/t31-,36-,41+,43?/m0/s1. The largest absolute Gasteiger partial charge is 0.491 e. The quantitative estimate of drug-likeness (QED) is 0.0944. The Bertz CT molecular complexity index is 2850. The Morgan fingerprint density at radius 1 is 0.945 bits per heavy atom. The molecule has 0 saturated carbocycles. The normalized spacial score (nSPS) is 19.4. The Balaban J connectivity index is 0.974. The maximum Gasteiger partial charge on any atom is 0.254 e. The number of allylic oxidation sites excluding steroid dienone is 1. The van der Waals surface area contributed by atoms with Crippen molar-refractivity contribution >= 4 is 61.8 Å². The lowest BCUT2D eigenvalue weighted by Crippen LogP contribution is -2.58. The number of nitrogens with one attached hydrogen (secondary N) is 6. The van der Waals surface area contributed by atoms with Crippen molar-refractivity contribution in [3.63, 3.8) is 0 Å². The minimum atomic E-state index is -3.88. The summed E-state index contributed by atoms with van der Waals surface area (Å²) in [5.41, 5.74) is 4.51. The molecule has 2 fully saturated rings.